The monoisotopic (exact) mass is 393 g/mol. The normalized spacial score (nSPS) is 15.8. The summed E-state index contributed by atoms with van der Waals surface area (Å²) < 4.78 is 0. The Morgan fingerprint density at radius 2 is 1.93 bits per heavy atom. The predicted molar refractivity (Wildman–Crippen MR) is 105 cm³/mol. The summed E-state index contributed by atoms with van der Waals surface area (Å²) in [4.78, 5) is 45.4. The zero-order chi connectivity index (χ0) is 19.5. The smallest absolute Gasteiger partial charge is 0.254 e. The molecule has 0 spiro atoms. The van der Waals surface area contributed by atoms with Crippen LogP contribution in [-0.2, 0) is 9.59 Å². The predicted octanol–water partition coefficient (Wildman–Crippen LogP) is 2.28. The second kappa shape index (κ2) is 7.57. The first-order valence-electron chi connectivity index (χ1n) is 8.47. The number of nitrogens with one attached hydrogen (secondary N) is 3. The van der Waals surface area contributed by atoms with Crippen LogP contribution in [0.15, 0.2) is 54.2 Å². The molecule has 3 aromatic rings. The third-order valence-electron chi connectivity index (χ3n) is 4.17. The van der Waals surface area contributed by atoms with Gasteiger partial charge in [-0.15, -0.1) is 11.3 Å². The number of anilines is 2. The molecule has 4 rings (SSSR count). The Morgan fingerprint density at radius 3 is 2.75 bits per heavy atom. The van der Waals surface area contributed by atoms with Crippen LogP contribution < -0.4 is 16.0 Å². The van der Waals surface area contributed by atoms with E-state index in [1.54, 1.807) is 36.7 Å². The van der Waals surface area contributed by atoms with Crippen molar-refractivity contribution in [1.29, 1.82) is 0 Å². The maximum Gasteiger partial charge on any atom is 0.254 e. The Morgan fingerprint density at radius 1 is 1.14 bits per heavy atom. The van der Waals surface area contributed by atoms with E-state index in [4.69, 9.17) is 0 Å². The lowest BCUT2D eigenvalue weighted by Gasteiger charge is -2.13. The minimum absolute atomic E-state index is 0.199. The van der Waals surface area contributed by atoms with E-state index >= 15 is 0 Å². The lowest BCUT2D eigenvalue weighted by molar-refractivity contribution is -0.122. The van der Waals surface area contributed by atoms with E-state index in [9.17, 15) is 14.4 Å². The number of pyridine rings is 1. The summed E-state index contributed by atoms with van der Waals surface area (Å²) >= 11 is 1.28. The minimum atomic E-state index is -0.973. The number of hydrogen-bond acceptors (Lipinski definition) is 6. The molecule has 0 aliphatic carbocycles. The molecule has 2 aromatic heterocycles. The van der Waals surface area contributed by atoms with Gasteiger partial charge in [-0.2, -0.15) is 0 Å². The summed E-state index contributed by atoms with van der Waals surface area (Å²) in [7, 11) is 0. The molecule has 1 atom stereocenters. The number of nitrogens with zero attached hydrogens (tertiary/aromatic N) is 2. The number of hydrogen-bond donors (Lipinski definition) is 3. The second-order valence-electron chi connectivity index (χ2n) is 6.09. The van der Waals surface area contributed by atoms with Gasteiger partial charge in [-0.3, -0.25) is 19.4 Å². The topological polar surface area (TPSA) is 113 Å². The Labute approximate surface area is 164 Å². The highest BCUT2D eigenvalue weighted by Crippen LogP contribution is 2.24. The molecule has 0 saturated carbocycles. The fourth-order valence-electron chi connectivity index (χ4n) is 2.80. The average molecular weight is 393 g/mol. The molecule has 1 aliphatic rings. The van der Waals surface area contributed by atoms with Gasteiger partial charge >= 0.3 is 0 Å². The second-order valence-corrected chi connectivity index (χ2v) is 6.95. The van der Waals surface area contributed by atoms with Crippen LogP contribution in [0.5, 0.6) is 0 Å². The molecule has 8 nitrogen and oxygen atoms in total. The van der Waals surface area contributed by atoms with Crippen LogP contribution in [0.25, 0.3) is 11.3 Å². The van der Waals surface area contributed by atoms with E-state index in [1.807, 2.05) is 17.5 Å². The highest BCUT2D eigenvalue weighted by atomic mass is 32.1. The Kier molecular flexibility index (Phi) is 4.81. The molecule has 0 radical (unpaired) electrons. The quantitative estimate of drug-likeness (QED) is 0.629. The van der Waals surface area contributed by atoms with Gasteiger partial charge in [-0.25, -0.2) is 4.98 Å². The highest BCUT2D eigenvalue weighted by molar-refractivity contribution is 7.14. The maximum absolute atomic E-state index is 12.4. The molecule has 3 N–H and O–H groups in total. The summed E-state index contributed by atoms with van der Waals surface area (Å²) in [5.41, 5.74) is 2.40. The number of benzene rings is 1. The number of rotatable bonds is 4. The van der Waals surface area contributed by atoms with Gasteiger partial charge in [0, 0.05) is 23.3 Å². The summed E-state index contributed by atoms with van der Waals surface area (Å²) in [6, 6.07) is 9.37. The van der Waals surface area contributed by atoms with Crippen LogP contribution in [0.1, 0.15) is 16.8 Å². The van der Waals surface area contributed by atoms with Crippen molar-refractivity contribution in [2.45, 2.75) is 12.5 Å². The van der Waals surface area contributed by atoms with Gasteiger partial charge < -0.3 is 16.0 Å². The SMILES string of the molecule is O=C(C[C@@H]1NC(=O)c2ccccc2NC1=O)Nc1nc(-c2ccncc2)cs1. The van der Waals surface area contributed by atoms with Crippen LogP contribution in [-0.4, -0.2) is 33.7 Å². The molecular weight excluding hydrogens is 378 g/mol. The van der Waals surface area contributed by atoms with E-state index in [0.29, 0.717) is 16.4 Å². The molecule has 0 unspecified atom stereocenters. The van der Waals surface area contributed by atoms with E-state index in [2.05, 4.69) is 25.9 Å². The molecule has 3 amide bonds. The Bertz CT molecular complexity index is 1050. The fraction of sp³-hybridized carbons (Fsp3) is 0.105. The van der Waals surface area contributed by atoms with Crippen molar-refractivity contribution in [3.63, 3.8) is 0 Å². The van der Waals surface area contributed by atoms with E-state index in [0.717, 1.165) is 11.3 Å². The first kappa shape index (κ1) is 17.8. The van der Waals surface area contributed by atoms with Crippen molar-refractivity contribution in [2.24, 2.45) is 0 Å². The molecule has 28 heavy (non-hydrogen) atoms. The largest absolute Gasteiger partial charge is 0.340 e. The van der Waals surface area contributed by atoms with Gasteiger partial charge in [-0.1, -0.05) is 12.1 Å². The van der Waals surface area contributed by atoms with Gasteiger partial charge in [0.05, 0.1) is 23.4 Å². The number of amides is 3. The van der Waals surface area contributed by atoms with Gasteiger partial charge in [0.1, 0.15) is 6.04 Å². The molecule has 3 heterocycles. The number of carbonyl (C=O) groups is 3. The lowest BCUT2D eigenvalue weighted by Crippen LogP contribution is -2.43. The van der Waals surface area contributed by atoms with Crippen LogP contribution in [0, 0.1) is 0 Å². The molecular formula is C19H15N5O3S. The van der Waals surface area contributed by atoms with Crippen LogP contribution in [0.3, 0.4) is 0 Å². The summed E-state index contributed by atoms with van der Waals surface area (Å²) in [6.45, 7) is 0. The van der Waals surface area contributed by atoms with Crippen molar-refractivity contribution in [2.75, 3.05) is 10.6 Å². The molecule has 0 saturated heterocycles. The molecule has 0 bridgehead atoms. The standard InChI is InChI=1S/C19H15N5O3S/c25-16(24-19-23-15(10-28-19)11-5-7-20-8-6-11)9-14-18(27)21-13-4-2-1-3-12(13)17(26)22-14/h1-8,10,14H,9H2,(H,21,27)(H,22,26)(H,23,24,25)/t14-/m0/s1. The molecule has 140 valence electrons. The minimum Gasteiger partial charge on any atom is -0.340 e. The van der Waals surface area contributed by atoms with Gasteiger partial charge in [-0.05, 0) is 24.3 Å². The zero-order valence-corrected chi connectivity index (χ0v) is 15.3. The summed E-state index contributed by atoms with van der Waals surface area (Å²) in [5, 5.41) is 10.2. The Hall–Kier alpha value is -3.59. The molecule has 9 heteroatoms. The van der Waals surface area contributed by atoms with Crippen LogP contribution >= 0.6 is 11.3 Å². The maximum atomic E-state index is 12.4. The van der Waals surface area contributed by atoms with E-state index < -0.39 is 23.8 Å². The van der Waals surface area contributed by atoms with Gasteiger partial charge in [0.25, 0.3) is 5.91 Å². The third-order valence-corrected chi connectivity index (χ3v) is 4.93. The number of carbonyl (C=O) groups excluding carboxylic acids is 3. The summed E-state index contributed by atoms with van der Waals surface area (Å²) in [5.74, 6) is -1.26. The lowest BCUT2D eigenvalue weighted by atomic mass is 10.1. The Balaban J connectivity index is 1.42. The van der Waals surface area contributed by atoms with Crippen molar-refractivity contribution >= 4 is 39.9 Å². The third kappa shape index (κ3) is 3.74. The average Bonchev–Trinajstić information content (AvgIpc) is 3.12. The first-order chi connectivity index (χ1) is 13.6. The van der Waals surface area contributed by atoms with Crippen molar-refractivity contribution in [1.82, 2.24) is 15.3 Å². The molecule has 1 aromatic carbocycles. The number of thiazole rings is 1. The van der Waals surface area contributed by atoms with Crippen molar-refractivity contribution in [3.05, 3.63) is 59.7 Å². The highest BCUT2D eigenvalue weighted by Gasteiger charge is 2.29. The van der Waals surface area contributed by atoms with Gasteiger partial charge in [0.15, 0.2) is 5.13 Å². The van der Waals surface area contributed by atoms with Crippen molar-refractivity contribution < 1.29 is 14.4 Å². The summed E-state index contributed by atoms with van der Waals surface area (Å²) in [6.07, 6.45) is 3.13. The van der Waals surface area contributed by atoms with Gasteiger partial charge in [0.2, 0.25) is 11.8 Å². The van der Waals surface area contributed by atoms with E-state index in [1.165, 1.54) is 11.3 Å². The fourth-order valence-corrected chi connectivity index (χ4v) is 3.53. The van der Waals surface area contributed by atoms with E-state index in [-0.39, 0.29) is 6.42 Å². The van der Waals surface area contributed by atoms with Crippen LogP contribution in [0.2, 0.25) is 0 Å². The number of aromatic nitrogens is 2. The first-order valence-corrected chi connectivity index (χ1v) is 9.34. The number of para-hydroxylation sites is 1. The number of fused-ring (bicyclic) bond motifs is 1. The van der Waals surface area contributed by atoms with Crippen LogP contribution in [0.4, 0.5) is 10.8 Å². The molecule has 0 fully saturated rings. The molecule has 1 aliphatic heterocycles. The zero-order valence-electron chi connectivity index (χ0n) is 14.5. The van der Waals surface area contributed by atoms with Crippen molar-refractivity contribution in [3.8, 4) is 11.3 Å².